The molecule has 1 heterocycles. The second kappa shape index (κ2) is 4.88. The highest BCUT2D eigenvalue weighted by Crippen LogP contribution is 2.25. The molecule has 84 valence electrons. The molecule has 1 amide bonds. The molecule has 1 aromatic rings. The minimum absolute atomic E-state index is 0.0452. The van der Waals surface area contributed by atoms with Crippen molar-refractivity contribution in [2.75, 3.05) is 5.32 Å². The summed E-state index contributed by atoms with van der Waals surface area (Å²) >= 11 is 0. The van der Waals surface area contributed by atoms with Gasteiger partial charge in [-0.25, -0.2) is 4.98 Å². The molecule has 0 radical (unpaired) electrons. The van der Waals surface area contributed by atoms with Crippen LogP contribution in [0.1, 0.15) is 36.0 Å². The van der Waals surface area contributed by atoms with Crippen LogP contribution in [0.2, 0.25) is 0 Å². The van der Waals surface area contributed by atoms with E-state index in [1.165, 1.54) is 6.20 Å². The summed E-state index contributed by atoms with van der Waals surface area (Å²) in [6, 6.07) is 3.29. The fraction of sp³-hybridized carbons (Fsp3) is 0.417. The summed E-state index contributed by atoms with van der Waals surface area (Å²) in [4.78, 5) is 26.2. The zero-order valence-corrected chi connectivity index (χ0v) is 8.98. The van der Waals surface area contributed by atoms with Crippen LogP contribution >= 0.6 is 0 Å². The molecule has 0 aromatic carbocycles. The second-order valence-electron chi connectivity index (χ2n) is 4.07. The van der Waals surface area contributed by atoms with Crippen LogP contribution in [0.15, 0.2) is 18.3 Å². The Morgan fingerprint density at radius 2 is 2.12 bits per heavy atom. The lowest BCUT2D eigenvalue weighted by Gasteiger charge is -2.09. The van der Waals surface area contributed by atoms with Crippen molar-refractivity contribution in [3.05, 3.63) is 23.9 Å². The predicted octanol–water partition coefficient (Wildman–Crippen LogP) is 2.02. The van der Waals surface area contributed by atoms with Gasteiger partial charge in [0.15, 0.2) is 6.29 Å². The first-order chi connectivity index (χ1) is 7.79. The molecule has 0 spiro atoms. The minimum Gasteiger partial charge on any atom is -0.310 e. The summed E-state index contributed by atoms with van der Waals surface area (Å²) in [5.41, 5.74) is 0.513. The molecule has 4 nitrogen and oxygen atoms in total. The van der Waals surface area contributed by atoms with Gasteiger partial charge in [-0.05, 0) is 25.0 Å². The van der Waals surface area contributed by atoms with Gasteiger partial charge in [0.2, 0.25) is 5.91 Å². The summed E-state index contributed by atoms with van der Waals surface area (Å²) in [5, 5.41) is 2.77. The molecule has 1 aliphatic carbocycles. The number of carbonyl (C=O) groups is 2. The molecule has 0 aliphatic heterocycles. The normalized spacial score (nSPS) is 16.0. The number of hydrogen-bond acceptors (Lipinski definition) is 3. The third kappa shape index (κ3) is 2.45. The van der Waals surface area contributed by atoms with Gasteiger partial charge in [0.05, 0.1) is 0 Å². The first-order valence-electron chi connectivity index (χ1n) is 5.51. The van der Waals surface area contributed by atoms with Crippen molar-refractivity contribution < 1.29 is 9.59 Å². The maximum absolute atomic E-state index is 11.7. The van der Waals surface area contributed by atoms with Gasteiger partial charge >= 0.3 is 0 Å². The highest BCUT2D eigenvalue weighted by molar-refractivity contribution is 5.92. The number of nitrogens with one attached hydrogen (secondary N) is 1. The number of nitrogens with zero attached hydrogens (tertiary/aromatic N) is 1. The van der Waals surface area contributed by atoms with Crippen molar-refractivity contribution >= 4 is 18.0 Å². The van der Waals surface area contributed by atoms with E-state index in [0.717, 1.165) is 32.0 Å². The number of pyridine rings is 1. The van der Waals surface area contributed by atoms with Gasteiger partial charge < -0.3 is 5.32 Å². The summed E-state index contributed by atoms with van der Waals surface area (Å²) in [5.74, 6) is 0.693. The van der Waals surface area contributed by atoms with Gasteiger partial charge in [-0.15, -0.1) is 0 Å². The van der Waals surface area contributed by atoms with Crippen molar-refractivity contribution in [1.29, 1.82) is 0 Å². The van der Waals surface area contributed by atoms with Crippen LogP contribution in [-0.4, -0.2) is 17.2 Å². The van der Waals surface area contributed by atoms with E-state index in [2.05, 4.69) is 10.3 Å². The molecule has 16 heavy (non-hydrogen) atoms. The van der Waals surface area contributed by atoms with Crippen molar-refractivity contribution in [2.45, 2.75) is 25.7 Å². The van der Waals surface area contributed by atoms with Gasteiger partial charge in [-0.2, -0.15) is 0 Å². The van der Waals surface area contributed by atoms with E-state index in [9.17, 15) is 9.59 Å². The van der Waals surface area contributed by atoms with Gasteiger partial charge in [0, 0.05) is 17.7 Å². The van der Waals surface area contributed by atoms with Gasteiger partial charge in [0.25, 0.3) is 0 Å². The highest BCUT2D eigenvalue weighted by Gasteiger charge is 2.22. The second-order valence-corrected chi connectivity index (χ2v) is 4.07. The smallest absolute Gasteiger partial charge is 0.228 e. The van der Waals surface area contributed by atoms with E-state index in [0.29, 0.717) is 11.4 Å². The average Bonchev–Trinajstić information content (AvgIpc) is 2.83. The van der Waals surface area contributed by atoms with E-state index in [4.69, 9.17) is 0 Å². The monoisotopic (exact) mass is 218 g/mol. The van der Waals surface area contributed by atoms with Gasteiger partial charge in [-0.3, -0.25) is 9.59 Å². The van der Waals surface area contributed by atoms with E-state index < -0.39 is 0 Å². The summed E-state index contributed by atoms with van der Waals surface area (Å²) < 4.78 is 0. The van der Waals surface area contributed by atoms with Crippen LogP contribution in [0.25, 0.3) is 0 Å². The zero-order valence-electron chi connectivity index (χ0n) is 8.98. The number of anilines is 1. The van der Waals surface area contributed by atoms with E-state index in [-0.39, 0.29) is 11.8 Å². The number of amides is 1. The van der Waals surface area contributed by atoms with E-state index in [1.54, 1.807) is 12.1 Å². The third-order valence-electron chi connectivity index (χ3n) is 2.90. The molecular weight excluding hydrogens is 204 g/mol. The van der Waals surface area contributed by atoms with Crippen LogP contribution in [0.4, 0.5) is 5.82 Å². The molecule has 0 atom stereocenters. The summed E-state index contributed by atoms with van der Waals surface area (Å²) in [6.45, 7) is 0. The fourth-order valence-corrected chi connectivity index (χ4v) is 1.97. The Labute approximate surface area is 94.1 Å². The largest absolute Gasteiger partial charge is 0.310 e. The third-order valence-corrected chi connectivity index (χ3v) is 2.90. The summed E-state index contributed by atoms with van der Waals surface area (Å²) in [6.07, 6.45) is 6.40. The molecular formula is C12H14N2O2. The Bertz CT molecular complexity index is 381. The number of aldehydes is 1. The van der Waals surface area contributed by atoms with Crippen LogP contribution in [-0.2, 0) is 4.79 Å². The SMILES string of the molecule is O=Cc1ccc(NC(=O)C2CCCC2)nc1. The predicted molar refractivity (Wildman–Crippen MR) is 60.2 cm³/mol. The Morgan fingerprint density at radius 3 is 2.69 bits per heavy atom. The Kier molecular flexibility index (Phi) is 3.29. The van der Waals surface area contributed by atoms with E-state index in [1.807, 2.05) is 0 Å². The molecule has 0 bridgehead atoms. The Morgan fingerprint density at radius 1 is 1.38 bits per heavy atom. The maximum Gasteiger partial charge on any atom is 0.228 e. The van der Waals surface area contributed by atoms with Crippen LogP contribution in [0, 0.1) is 5.92 Å². The van der Waals surface area contributed by atoms with Crippen molar-refractivity contribution in [3.8, 4) is 0 Å². The fourth-order valence-electron chi connectivity index (χ4n) is 1.97. The molecule has 2 rings (SSSR count). The standard InChI is InChI=1S/C12H14N2O2/c15-8-9-5-6-11(13-7-9)14-12(16)10-3-1-2-4-10/h5-8,10H,1-4H2,(H,13,14,16). The highest BCUT2D eigenvalue weighted by atomic mass is 16.2. The lowest BCUT2D eigenvalue weighted by Crippen LogP contribution is -2.20. The lowest BCUT2D eigenvalue weighted by atomic mass is 10.1. The average molecular weight is 218 g/mol. The number of rotatable bonds is 3. The number of aromatic nitrogens is 1. The molecule has 1 saturated carbocycles. The molecule has 0 unspecified atom stereocenters. The van der Waals surface area contributed by atoms with Crippen LogP contribution < -0.4 is 5.32 Å². The zero-order chi connectivity index (χ0) is 11.4. The van der Waals surface area contributed by atoms with Crippen LogP contribution in [0.3, 0.4) is 0 Å². The van der Waals surface area contributed by atoms with Crippen LogP contribution in [0.5, 0.6) is 0 Å². The molecule has 1 aliphatic rings. The van der Waals surface area contributed by atoms with Gasteiger partial charge in [-0.1, -0.05) is 12.8 Å². The molecule has 1 fully saturated rings. The quantitative estimate of drug-likeness (QED) is 0.789. The minimum atomic E-state index is 0.0452. The first kappa shape index (κ1) is 10.8. The topological polar surface area (TPSA) is 59.1 Å². The first-order valence-corrected chi connectivity index (χ1v) is 5.51. The lowest BCUT2D eigenvalue weighted by molar-refractivity contribution is -0.119. The van der Waals surface area contributed by atoms with Gasteiger partial charge in [0.1, 0.15) is 5.82 Å². The Hall–Kier alpha value is -1.71. The summed E-state index contributed by atoms with van der Waals surface area (Å²) in [7, 11) is 0. The van der Waals surface area contributed by atoms with Crippen molar-refractivity contribution in [2.24, 2.45) is 5.92 Å². The molecule has 0 saturated heterocycles. The van der Waals surface area contributed by atoms with Crippen molar-refractivity contribution in [3.63, 3.8) is 0 Å². The molecule has 1 N–H and O–H groups in total. The Balaban J connectivity index is 1.97. The molecule has 4 heteroatoms. The van der Waals surface area contributed by atoms with Crippen molar-refractivity contribution in [1.82, 2.24) is 4.98 Å². The maximum atomic E-state index is 11.7. The number of carbonyl (C=O) groups excluding carboxylic acids is 2. The van der Waals surface area contributed by atoms with E-state index >= 15 is 0 Å². The number of hydrogen-bond donors (Lipinski definition) is 1. The molecule has 1 aromatic heterocycles.